The number of halogens is 1. The van der Waals surface area contributed by atoms with Crippen LogP contribution in [0.2, 0.25) is 0 Å². The van der Waals surface area contributed by atoms with Crippen molar-refractivity contribution in [1.29, 1.82) is 0 Å². The molecule has 0 fully saturated rings. The largest absolute Gasteiger partial charge is 0.456 e. The Kier molecular flexibility index (Phi) is 4.69. The first-order chi connectivity index (χ1) is 15.7. The monoisotopic (exact) mass is 479 g/mol. The van der Waals surface area contributed by atoms with Crippen molar-refractivity contribution < 1.29 is 4.42 Å². The van der Waals surface area contributed by atoms with Crippen LogP contribution in [0, 0.1) is 0 Å². The number of benzene rings is 3. The summed E-state index contributed by atoms with van der Waals surface area (Å²) < 4.78 is 7.04. The van der Waals surface area contributed by atoms with Gasteiger partial charge in [-0.2, -0.15) is 0 Å². The average molecular weight is 480 g/mol. The second-order valence-electron chi connectivity index (χ2n) is 7.78. The van der Waals surface area contributed by atoms with Crippen LogP contribution < -0.4 is 0 Å². The van der Waals surface area contributed by atoms with E-state index in [4.69, 9.17) is 19.4 Å². The molecule has 2 aromatic heterocycles. The summed E-state index contributed by atoms with van der Waals surface area (Å²) in [6, 6.07) is 22.2. The van der Waals surface area contributed by atoms with Gasteiger partial charge in [0.15, 0.2) is 17.5 Å². The van der Waals surface area contributed by atoms with Crippen LogP contribution in [0.1, 0.15) is 18.7 Å². The number of nitrogens with zero attached hydrogens (tertiary/aromatic N) is 3. The van der Waals surface area contributed by atoms with E-state index in [-0.39, 0.29) is 0 Å². The van der Waals surface area contributed by atoms with Crippen molar-refractivity contribution in [3.8, 4) is 22.8 Å². The quantitative estimate of drug-likeness (QED) is 0.267. The highest BCUT2D eigenvalue weighted by atomic mass is 79.9. The molecule has 0 bridgehead atoms. The zero-order valence-electron chi connectivity index (χ0n) is 17.1. The lowest BCUT2D eigenvalue weighted by Crippen LogP contribution is -2.03. The van der Waals surface area contributed by atoms with Gasteiger partial charge in [-0.3, -0.25) is 0 Å². The van der Waals surface area contributed by atoms with Crippen molar-refractivity contribution in [1.82, 2.24) is 15.0 Å². The first-order valence-corrected chi connectivity index (χ1v) is 11.3. The Morgan fingerprint density at radius 3 is 2.22 bits per heavy atom. The van der Waals surface area contributed by atoms with Crippen molar-refractivity contribution in [2.75, 3.05) is 0 Å². The molecule has 0 aliphatic heterocycles. The van der Waals surface area contributed by atoms with Gasteiger partial charge in [-0.25, -0.2) is 15.0 Å². The molecule has 2 heterocycles. The maximum atomic E-state index is 6.02. The Morgan fingerprint density at radius 1 is 0.719 bits per heavy atom. The second kappa shape index (κ2) is 7.84. The van der Waals surface area contributed by atoms with Crippen molar-refractivity contribution >= 4 is 43.4 Å². The summed E-state index contributed by atoms with van der Waals surface area (Å²) in [5.41, 5.74) is 4.75. The summed E-state index contributed by atoms with van der Waals surface area (Å²) in [4.78, 5) is 14.5. The fourth-order valence-electron chi connectivity index (χ4n) is 4.04. The fraction of sp³-hybridized carbons (Fsp3) is 0.0741. The first-order valence-electron chi connectivity index (χ1n) is 10.5. The number of aromatic nitrogens is 3. The first kappa shape index (κ1) is 19.1. The molecule has 1 aliphatic rings. The summed E-state index contributed by atoms with van der Waals surface area (Å²) in [6.45, 7) is 0. The van der Waals surface area contributed by atoms with Crippen molar-refractivity contribution in [3.05, 3.63) is 95.3 Å². The minimum atomic E-state index is 0.663. The second-order valence-corrected chi connectivity index (χ2v) is 8.70. The topological polar surface area (TPSA) is 51.8 Å². The summed E-state index contributed by atoms with van der Waals surface area (Å²) >= 11 is 3.57. The zero-order valence-corrected chi connectivity index (χ0v) is 18.7. The normalized spacial score (nSPS) is 13.6. The third kappa shape index (κ3) is 3.45. The number of allylic oxidation sites excluding steroid dienone is 4. The smallest absolute Gasteiger partial charge is 0.164 e. The molecule has 5 aromatic rings. The summed E-state index contributed by atoms with van der Waals surface area (Å²) in [6.07, 6.45) is 8.26. The van der Waals surface area contributed by atoms with E-state index in [2.05, 4.69) is 46.3 Å². The van der Waals surface area contributed by atoms with Gasteiger partial charge in [0, 0.05) is 26.4 Å². The fourth-order valence-corrected chi connectivity index (χ4v) is 4.40. The summed E-state index contributed by atoms with van der Waals surface area (Å²) in [5, 5.41) is 2.11. The molecule has 154 valence electrons. The molecular weight excluding hydrogens is 462 g/mol. The van der Waals surface area contributed by atoms with E-state index in [0.717, 1.165) is 61.8 Å². The zero-order chi connectivity index (χ0) is 21.5. The molecule has 0 unspecified atom stereocenters. The van der Waals surface area contributed by atoms with E-state index in [1.54, 1.807) is 0 Å². The van der Waals surface area contributed by atoms with Crippen LogP contribution in [0.3, 0.4) is 0 Å². The Labute approximate surface area is 193 Å². The molecule has 0 saturated carbocycles. The van der Waals surface area contributed by atoms with E-state index in [0.29, 0.717) is 11.6 Å². The molecular formula is C27H18BrN3O. The van der Waals surface area contributed by atoms with Gasteiger partial charge in [0.05, 0.1) is 0 Å². The summed E-state index contributed by atoms with van der Waals surface area (Å²) in [5.74, 6) is 2.08. The Balaban J connectivity index is 1.56. The minimum absolute atomic E-state index is 0.663. The van der Waals surface area contributed by atoms with Gasteiger partial charge in [-0.1, -0.05) is 64.5 Å². The van der Waals surface area contributed by atoms with Crippen LogP contribution in [-0.4, -0.2) is 15.0 Å². The molecule has 32 heavy (non-hydrogen) atoms. The van der Waals surface area contributed by atoms with E-state index in [9.17, 15) is 0 Å². The molecule has 0 radical (unpaired) electrons. The van der Waals surface area contributed by atoms with Crippen molar-refractivity contribution in [2.45, 2.75) is 12.8 Å². The van der Waals surface area contributed by atoms with Crippen LogP contribution >= 0.6 is 15.9 Å². The van der Waals surface area contributed by atoms with Crippen molar-refractivity contribution in [2.24, 2.45) is 0 Å². The Bertz CT molecular complexity index is 1530. The SMILES string of the molecule is Brc1ccc2oc3ccc(-c4nc(C5=CC=CCC5)nc(-c5ccccc5)n4)cc3c2c1. The van der Waals surface area contributed by atoms with E-state index >= 15 is 0 Å². The maximum absolute atomic E-state index is 6.02. The van der Waals surface area contributed by atoms with Gasteiger partial charge < -0.3 is 4.42 Å². The molecule has 6 rings (SSSR count). The van der Waals surface area contributed by atoms with Crippen LogP contribution in [0.25, 0.3) is 50.3 Å². The predicted molar refractivity (Wildman–Crippen MR) is 132 cm³/mol. The molecule has 0 saturated heterocycles. The van der Waals surface area contributed by atoms with Crippen LogP contribution in [-0.2, 0) is 0 Å². The molecule has 0 N–H and O–H groups in total. The molecule has 1 aliphatic carbocycles. The Morgan fingerprint density at radius 2 is 1.44 bits per heavy atom. The molecule has 3 aromatic carbocycles. The summed E-state index contributed by atoms with van der Waals surface area (Å²) in [7, 11) is 0. The minimum Gasteiger partial charge on any atom is -0.456 e. The van der Waals surface area contributed by atoms with Gasteiger partial charge in [0.2, 0.25) is 0 Å². The third-order valence-electron chi connectivity index (χ3n) is 5.66. The van der Waals surface area contributed by atoms with E-state index in [1.165, 1.54) is 0 Å². The van der Waals surface area contributed by atoms with Crippen LogP contribution in [0.4, 0.5) is 0 Å². The standard InChI is InChI=1S/C27H18BrN3O/c28-20-12-14-24-22(16-20)21-15-19(11-13-23(21)32-24)27-30-25(17-7-3-1-4-8-17)29-26(31-27)18-9-5-2-6-10-18/h1-5,7-9,11-16H,6,10H2. The number of hydrogen-bond acceptors (Lipinski definition) is 4. The van der Waals surface area contributed by atoms with Gasteiger partial charge in [-0.05, 0) is 54.8 Å². The van der Waals surface area contributed by atoms with E-state index in [1.807, 2.05) is 54.6 Å². The maximum Gasteiger partial charge on any atom is 0.164 e. The molecule has 0 amide bonds. The van der Waals surface area contributed by atoms with Crippen molar-refractivity contribution in [3.63, 3.8) is 0 Å². The third-order valence-corrected chi connectivity index (χ3v) is 6.15. The number of fused-ring (bicyclic) bond motifs is 3. The average Bonchev–Trinajstić information content (AvgIpc) is 3.22. The van der Waals surface area contributed by atoms with Gasteiger partial charge in [0.1, 0.15) is 11.2 Å². The van der Waals surface area contributed by atoms with E-state index < -0.39 is 0 Å². The molecule has 0 spiro atoms. The lowest BCUT2D eigenvalue weighted by atomic mass is 10.0. The number of furan rings is 1. The Hall–Kier alpha value is -3.57. The predicted octanol–water partition coefficient (Wildman–Crippen LogP) is 7.60. The molecule has 0 atom stereocenters. The van der Waals surface area contributed by atoms with Gasteiger partial charge in [0.25, 0.3) is 0 Å². The number of rotatable bonds is 3. The highest BCUT2D eigenvalue weighted by Gasteiger charge is 2.16. The molecule has 5 heteroatoms. The highest BCUT2D eigenvalue weighted by molar-refractivity contribution is 9.10. The highest BCUT2D eigenvalue weighted by Crippen LogP contribution is 2.34. The lowest BCUT2D eigenvalue weighted by molar-refractivity contribution is 0.669. The van der Waals surface area contributed by atoms with Gasteiger partial charge in [-0.15, -0.1) is 0 Å². The number of hydrogen-bond donors (Lipinski definition) is 0. The van der Waals surface area contributed by atoms with Crippen LogP contribution in [0.15, 0.2) is 93.8 Å². The van der Waals surface area contributed by atoms with Crippen LogP contribution in [0.5, 0.6) is 0 Å². The molecule has 4 nitrogen and oxygen atoms in total. The lowest BCUT2D eigenvalue weighted by Gasteiger charge is -2.11. The van der Waals surface area contributed by atoms with Gasteiger partial charge >= 0.3 is 0 Å².